The van der Waals surface area contributed by atoms with Crippen LogP contribution < -0.4 is 10.9 Å². The van der Waals surface area contributed by atoms with E-state index in [1.165, 1.54) is 35.0 Å². The molecule has 1 atom stereocenters. The molecule has 40 heavy (non-hydrogen) atoms. The molecule has 198 valence electrons. The predicted octanol–water partition coefficient (Wildman–Crippen LogP) is 6.38. The normalized spacial score (nSPS) is 12.4. The number of pyridine rings is 1. The van der Waals surface area contributed by atoms with E-state index < -0.39 is 23.3 Å². The van der Waals surface area contributed by atoms with Crippen molar-refractivity contribution in [2.75, 3.05) is 5.32 Å². The van der Waals surface area contributed by atoms with Crippen LogP contribution in [0.1, 0.15) is 22.7 Å². The molecule has 0 amide bonds. The van der Waals surface area contributed by atoms with Gasteiger partial charge in [-0.15, -0.1) is 0 Å². The van der Waals surface area contributed by atoms with E-state index in [2.05, 4.69) is 20.4 Å². The largest absolute Gasteiger partial charge is 0.416 e. The van der Waals surface area contributed by atoms with E-state index >= 15 is 0 Å². The third kappa shape index (κ3) is 4.82. The van der Waals surface area contributed by atoms with Crippen molar-refractivity contribution in [2.24, 2.45) is 0 Å². The lowest BCUT2D eigenvalue weighted by molar-refractivity contribution is -0.138. The van der Waals surface area contributed by atoms with Gasteiger partial charge < -0.3 is 5.32 Å². The van der Waals surface area contributed by atoms with Gasteiger partial charge in [0.05, 0.1) is 17.3 Å². The van der Waals surface area contributed by atoms with Crippen LogP contribution >= 0.6 is 0 Å². The summed E-state index contributed by atoms with van der Waals surface area (Å²) in [6.45, 7) is 0. The first-order valence-electron chi connectivity index (χ1n) is 12.3. The maximum Gasteiger partial charge on any atom is 0.416 e. The Labute approximate surface area is 226 Å². The van der Waals surface area contributed by atoms with Crippen molar-refractivity contribution in [3.05, 3.63) is 143 Å². The second-order valence-electron chi connectivity index (χ2n) is 9.03. The quantitative estimate of drug-likeness (QED) is 0.266. The first-order chi connectivity index (χ1) is 19.4. The zero-order valence-corrected chi connectivity index (χ0v) is 20.8. The Morgan fingerprint density at radius 2 is 1.57 bits per heavy atom. The fourth-order valence-electron chi connectivity index (χ4n) is 4.69. The fraction of sp³-hybridized carbons (Fsp3) is 0.0667. The van der Waals surface area contributed by atoms with Crippen LogP contribution in [0.25, 0.3) is 16.7 Å². The van der Waals surface area contributed by atoms with Crippen molar-refractivity contribution >= 4 is 22.7 Å². The highest BCUT2D eigenvalue weighted by Crippen LogP contribution is 2.38. The van der Waals surface area contributed by atoms with E-state index in [0.29, 0.717) is 16.6 Å². The van der Waals surface area contributed by atoms with E-state index in [4.69, 9.17) is 0 Å². The van der Waals surface area contributed by atoms with E-state index in [9.17, 15) is 18.0 Å². The van der Waals surface area contributed by atoms with Gasteiger partial charge in [-0.05, 0) is 53.6 Å². The zero-order valence-electron chi connectivity index (χ0n) is 20.8. The molecule has 0 bridgehead atoms. The molecule has 1 unspecified atom stereocenters. The Kier molecular flexibility index (Phi) is 6.35. The monoisotopic (exact) mass is 538 g/mol. The summed E-state index contributed by atoms with van der Waals surface area (Å²) in [4.78, 5) is 22.4. The molecular formula is C30H21F3N6O. The first kappa shape index (κ1) is 25.1. The highest BCUT2D eigenvalue weighted by Gasteiger charge is 2.36. The maximum atomic E-state index is 14.2. The Morgan fingerprint density at radius 3 is 2.30 bits per heavy atom. The summed E-state index contributed by atoms with van der Waals surface area (Å²) in [6, 6.07) is 24.9. The van der Waals surface area contributed by atoms with Gasteiger partial charge >= 0.3 is 6.18 Å². The molecule has 6 rings (SSSR count). The lowest BCUT2D eigenvalue weighted by atomic mass is 9.93. The van der Waals surface area contributed by atoms with Gasteiger partial charge in [-0.2, -0.15) is 23.3 Å². The Bertz CT molecular complexity index is 1830. The average molecular weight is 539 g/mol. The van der Waals surface area contributed by atoms with Crippen LogP contribution in [0.5, 0.6) is 0 Å². The fourth-order valence-corrected chi connectivity index (χ4v) is 4.69. The Morgan fingerprint density at radius 1 is 0.825 bits per heavy atom. The molecule has 6 aromatic rings. The molecule has 0 radical (unpaired) electrons. The molecule has 1 N–H and O–H groups in total. The number of halogens is 3. The second-order valence-corrected chi connectivity index (χ2v) is 9.03. The van der Waals surface area contributed by atoms with Gasteiger partial charge in [0.15, 0.2) is 0 Å². The third-order valence-electron chi connectivity index (χ3n) is 6.49. The minimum atomic E-state index is -4.62. The van der Waals surface area contributed by atoms with E-state index in [1.807, 2.05) is 36.5 Å². The Hall–Kier alpha value is -5.25. The van der Waals surface area contributed by atoms with Crippen LogP contribution in [0, 0.1) is 0 Å². The predicted molar refractivity (Wildman–Crippen MR) is 146 cm³/mol. The van der Waals surface area contributed by atoms with Gasteiger partial charge in [0.2, 0.25) is 5.95 Å². The smallest absolute Gasteiger partial charge is 0.324 e. The van der Waals surface area contributed by atoms with Crippen LogP contribution in [-0.2, 0) is 6.18 Å². The summed E-state index contributed by atoms with van der Waals surface area (Å²) >= 11 is 0. The number of aromatic nitrogens is 5. The lowest BCUT2D eigenvalue weighted by Gasteiger charge is -2.25. The van der Waals surface area contributed by atoms with Crippen molar-refractivity contribution in [2.45, 2.75) is 12.2 Å². The SMILES string of the molecule is O=c1ccc2cnc(Nc3ccc(-n4cccn4)cc3)nc2n1C(c1ccccc1)c1ccccc1C(F)(F)F. The van der Waals surface area contributed by atoms with Gasteiger partial charge in [-0.1, -0.05) is 48.5 Å². The topological polar surface area (TPSA) is 77.6 Å². The molecule has 3 aromatic carbocycles. The summed E-state index contributed by atoms with van der Waals surface area (Å²) in [7, 11) is 0. The molecule has 3 aromatic heterocycles. The van der Waals surface area contributed by atoms with Crippen molar-refractivity contribution in [1.82, 2.24) is 24.3 Å². The standard InChI is InChI=1S/C30H21F3N6O/c31-30(32,33)25-10-5-4-9-24(25)27(20-7-2-1-3-8-20)39-26(40)16-11-21-19-34-29(37-28(21)39)36-22-12-14-23(15-13-22)38-18-6-17-35-38/h1-19,27H,(H,34,36,37). The number of rotatable bonds is 6. The lowest BCUT2D eigenvalue weighted by Crippen LogP contribution is -2.28. The summed E-state index contributed by atoms with van der Waals surface area (Å²) < 4.78 is 45.5. The van der Waals surface area contributed by atoms with E-state index in [1.54, 1.807) is 47.3 Å². The minimum Gasteiger partial charge on any atom is -0.324 e. The van der Waals surface area contributed by atoms with Crippen LogP contribution in [0.2, 0.25) is 0 Å². The molecule has 10 heteroatoms. The van der Waals surface area contributed by atoms with Crippen molar-refractivity contribution in [3.8, 4) is 5.69 Å². The van der Waals surface area contributed by atoms with Crippen LogP contribution in [-0.4, -0.2) is 24.3 Å². The second kappa shape index (κ2) is 10.1. The summed E-state index contributed by atoms with van der Waals surface area (Å²) in [5.41, 5.74) is 0.877. The summed E-state index contributed by atoms with van der Waals surface area (Å²) in [6.07, 6.45) is 0.428. The van der Waals surface area contributed by atoms with Gasteiger partial charge in [-0.3, -0.25) is 9.36 Å². The number of fused-ring (bicyclic) bond motifs is 1. The number of hydrogen-bond donors (Lipinski definition) is 1. The van der Waals surface area contributed by atoms with Gasteiger partial charge in [0, 0.05) is 35.7 Å². The van der Waals surface area contributed by atoms with Crippen molar-refractivity contribution < 1.29 is 13.2 Å². The van der Waals surface area contributed by atoms with Crippen LogP contribution in [0.15, 0.2) is 120 Å². The molecule has 0 saturated carbocycles. The first-order valence-corrected chi connectivity index (χ1v) is 12.3. The molecule has 0 saturated heterocycles. The van der Waals surface area contributed by atoms with E-state index in [0.717, 1.165) is 11.8 Å². The highest BCUT2D eigenvalue weighted by molar-refractivity contribution is 5.76. The zero-order chi connectivity index (χ0) is 27.7. The molecule has 0 spiro atoms. The average Bonchev–Trinajstić information content (AvgIpc) is 3.50. The van der Waals surface area contributed by atoms with Crippen molar-refractivity contribution in [3.63, 3.8) is 0 Å². The Balaban J connectivity index is 1.49. The number of alkyl halides is 3. The minimum absolute atomic E-state index is 0.0573. The van der Waals surface area contributed by atoms with Gasteiger partial charge in [-0.25, -0.2) is 9.67 Å². The molecule has 0 fully saturated rings. The number of nitrogens with zero attached hydrogens (tertiary/aromatic N) is 5. The highest BCUT2D eigenvalue weighted by atomic mass is 19.4. The number of nitrogens with one attached hydrogen (secondary N) is 1. The molecule has 0 aliphatic heterocycles. The molecule has 7 nitrogen and oxygen atoms in total. The molecule has 0 aliphatic carbocycles. The number of benzene rings is 3. The number of anilines is 2. The maximum absolute atomic E-state index is 14.2. The van der Waals surface area contributed by atoms with Crippen LogP contribution in [0.3, 0.4) is 0 Å². The van der Waals surface area contributed by atoms with E-state index in [-0.39, 0.29) is 17.2 Å². The molecule has 0 aliphatic rings. The van der Waals surface area contributed by atoms with Crippen molar-refractivity contribution in [1.29, 1.82) is 0 Å². The van der Waals surface area contributed by atoms with Gasteiger partial charge in [0.25, 0.3) is 5.56 Å². The van der Waals surface area contributed by atoms with Gasteiger partial charge in [0.1, 0.15) is 5.65 Å². The summed E-state index contributed by atoms with van der Waals surface area (Å²) in [5.74, 6) is 0.189. The molecule has 3 heterocycles. The molecular weight excluding hydrogens is 517 g/mol. The van der Waals surface area contributed by atoms with Crippen LogP contribution in [0.4, 0.5) is 24.8 Å². The summed E-state index contributed by atoms with van der Waals surface area (Å²) in [5, 5.41) is 7.84. The number of hydrogen-bond acceptors (Lipinski definition) is 5. The third-order valence-corrected chi connectivity index (χ3v) is 6.49.